The highest BCUT2D eigenvalue weighted by atomic mass is 16.5. The van der Waals surface area contributed by atoms with E-state index in [1.807, 2.05) is 18.2 Å². The van der Waals surface area contributed by atoms with Crippen LogP contribution < -0.4 is 15.4 Å². The lowest BCUT2D eigenvalue weighted by Gasteiger charge is -2.16. The highest BCUT2D eigenvalue weighted by Crippen LogP contribution is 2.26. The van der Waals surface area contributed by atoms with Gasteiger partial charge in [-0.2, -0.15) is 0 Å². The van der Waals surface area contributed by atoms with E-state index in [0.717, 1.165) is 5.69 Å². The van der Waals surface area contributed by atoms with E-state index in [4.69, 9.17) is 4.74 Å². The number of nitrogens with one attached hydrogen (secondary N) is 2. The van der Waals surface area contributed by atoms with Crippen molar-refractivity contribution >= 4 is 11.8 Å². The molecule has 27 heavy (non-hydrogen) atoms. The summed E-state index contributed by atoms with van der Waals surface area (Å²) in [6, 6.07) is 8.20. The molecule has 0 unspecified atom stereocenters. The molecule has 0 aromatic carbocycles. The van der Waals surface area contributed by atoms with Crippen molar-refractivity contribution in [3.63, 3.8) is 0 Å². The molecule has 8 nitrogen and oxygen atoms in total. The smallest absolute Gasteiger partial charge is 0.253 e. The van der Waals surface area contributed by atoms with Crippen LogP contribution in [0, 0.1) is 5.92 Å². The maximum atomic E-state index is 12.3. The quantitative estimate of drug-likeness (QED) is 0.689. The van der Waals surface area contributed by atoms with Crippen LogP contribution in [0.1, 0.15) is 28.9 Å². The molecular formula is C19H22N4O4. The molecule has 1 saturated carbocycles. The van der Waals surface area contributed by atoms with Gasteiger partial charge in [0.05, 0.1) is 37.1 Å². The fraction of sp³-hybridized carbons (Fsp3) is 0.368. The molecule has 0 aliphatic heterocycles. The van der Waals surface area contributed by atoms with E-state index in [9.17, 15) is 14.7 Å². The molecule has 2 aromatic heterocycles. The Kier molecular flexibility index (Phi) is 5.97. The molecule has 0 spiro atoms. The van der Waals surface area contributed by atoms with Gasteiger partial charge in [-0.25, -0.2) is 4.98 Å². The summed E-state index contributed by atoms with van der Waals surface area (Å²) in [5, 5.41) is 15.8. The van der Waals surface area contributed by atoms with Gasteiger partial charge in [0.2, 0.25) is 11.8 Å². The van der Waals surface area contributed by atoms with Crippen LogP contribution in [-0.4, -0.2) is 46.1 Å². The number of rotatable bonds is 6. The van der Waals surface area contributed by atoms with Crippen LogP contribution >= 0.6 is 0 Å². The first-order valence-electron chi connectivity index (χ1n) is 8.73. The van der Waals surface area contributed by atoms with Crippen molar-refractivity contribution in [1.82, 2.24) is 20.6 Å². The molecule has 1 aliphatic rings. The minimum absolute atomic E-state index is 0.150. The van der Waals surface area contributed by atoms with Gasteiger partial charge in [0, 0.05) is 24.4 Å². The van der Waals surface area contributed by atoms with Gasteiger partial charge in [0.25, 0.3) is 5.91 Å². The number of aliphatic hydroxyl groups is 1. The zero-order valence-corrected chi connectivity index (χ0v) is 15.0. The van der Waals surface area contributed by atoms with Gasteiger partial charge in [-0.3, -0.25) is 14.6 Å². The summed E-state index contributed by atoms with van der Waals surface area (Å²) in [6.07, 6.45) is 2.99. The highest BCUT2D eigenvalue weighted by Gasteiger charge is 2.37. The molecule has 3 rings (SSSR count). The summed E-state index contributed by atoms with van der Waals surface area (Å²) in [4.78, 5) is 32.8. The second kappa shape index (κ2) is 8.59. The Morgan fingerprint density at radius 3 is 2.74 bits per heavy atom. The Bertz CT molecular complexity index is 782. The van der Waals surface area contributed by atoms with Crippen molar-refractivity contribution < 1.29 is 19.4 Å². The number of hydrogen-bond acceptors (Lipinski definition) is 6. The van der Waals surface area contributed by atoms with Gasteiger partial charge in [-0.1, -0.05) is 6.07 Å². The zero-order chi connectivity index (χ0) is 19.2. The fourth-order valence-electron chi connectivity index (χ4n) is 3.10. The standard InChI is InChI=1S/C19H22N4O4/c1-27-17-6-5-12(10-21-17)19(26)23-15-8-13(9-16(15)24)18(25)22-11-14-4-2-3-7-20-14/h2-7,10,13,15-16,24H,8-9,11H2,1H3,(H,22,25)(H,23,26)/t13-,15-,16-/m0/s1. The van der Waals surface area contributed by atoms with Gasteiger partial charge >= 0.3 is 0 Å². The molecule has 0 saturated heterocycles. The van der Waals surface area contributed by atoms with Crippen LogP contribution in [0.25, 0.3) is 0 Å². The Labute approximate surface area is 157 Å². The minimum Gasteiger partial charge on any atom is -0.481 e. The number of nitrogens with zero attached hydrogens (tertiary/aromatic N) is 2. The topological polar surface area (TPSA) is 113 Å². The molecule has 8 heteroatoms. The summed E-state index contributed by atoms with van der Waals surface area (Å²) in [6.45, 7) is 0.334. The van der Waals surface area contributed by atoms with Crippen molar-refractivity contribution in [2.24, 2.45) is 5.92 Å². The second-order valence-corrected chi connectivity index (χ2v) is 6.44. The average Bonchev–Trinajstić information content (AvgIpc) is 3.07. The van der Waals surface area contributed by atoms with Gasteiger partial charge < -0.3 is 20.5 Å². The molecule has 0 radical (unpaired) electrons. The summed E-state index contributed by atoms with van der Waals surface area (Å²) in [5.74, 6) is -0.439. The number of aromatic nitrogens is 2. The van der Waals surface area contributed by atoms with Crippen molar-refractivity contribution in [2.75, 3.05) is 7.11 Å². The molecular weight excluding hydrogens is 348 g/mol. The Morgan fingerprint density at radius 2 is 2.07 bits per heavy atom. The first-order valence-corrected chi connectivity index (χ1v) is 8.73. The monoisotopic (exact) mass is 370 g/mol. The lowest BCUT2D eigenvalue weighted by molar-refractivity contribution is -0.125. The van der Waals surface area contributed by atoms with E-state index in [1.165, 1.54) is 13.3 Å². The molecule has 2 amide bonds. The molecule has 142 valence electrons. The number of methoxy groups -OCH3 is 1. The average molecular weight is 370 g/mol. The van der Waals surface area contributed by atoms with Crippen LogP contribution in [0.15, 0.2) is 42.7 Å². The number of carbonyl (C=O) groups excluding carboxylic acids is 2. The van der Waals surface area contributed by atoms with Gasteiger partial charge in [0.1, 0.15) is 0 Å². The lowest BCUT2D eigenvalue weighted by atomic mass is 10.1. The molecule has 2 aromatic rings. The SMILES string of the molecule is COc1ccc(C(=O)N[C@H]2C[C@H](C(=O)NCc3ccccn3)C[C@@H]2O)cn1. The maximum Gasteiger partial charge on any atom is 0.253 e. The number of hydrogen-bond donors (Lipinski definition) is 3. The number of pyridine rings is 2. The third-order valence-corrected chi connectivity index (χ3v) is 4.59. The number of carbonyl (C=O) groups is 2. The number of ether oxygens (including phenoxy) is 1. The van der Waals surface area contributed by atoms with E-state index in [1.54, 1.807) is 18.3 Å². The Hall–Kier alpha value is -3.00. The van der Waals surface area contributed by atoms with Crippen LogP contribution in [0.2, 0.25) is 0 Å². The second-order valence-electron chi connectivity index (χ2n) is 6.44. The largest absolute Gasteiger partial charge is 0.481 e. The summed E-state index contributed by atoms with van der Waals surface area (Å²) < 4.78 is 4.96. The van der Waals surface area contributed by atoms with Crippen LogP contribution in [0.4, 0.5) is 0 Å². The third-order valence-electron chi connectivity index (χ3n) is 4.59. The molecule has 3 atom stereocenters. The Morgan fingerprint density at radius 1 is 1.22 bits per heavy atom. The third kappa shape index (κ3) is 4.79. The molecule has 2 heterocycles. The lowest BCUT2D eigenvalue weighted by Crippen LogP contribution is -2.40. The van der Waals surface area contributed by atoms with Gasteiger partial charge in [-0.05, 0) is 31.0 Å². The van der Waals surface area contributed by atoms with Crippen molar-refractivity contribution in [1.29, 1.82) is 0 Å². The number of aliphatic hydroxyl groups excluding tert-OH is 1. The van der Waals surface area contributed by atoms with E-state index in [0.29, 0.717) is 30.8 Å². The van der Waals surface area contributed by atoms with Crippen molar-refractivity contribution in [3.8, 4) is 5.88 Å². The first kappa shape index (κ1) is 18.8. The maximum absolute atomic E-state index is 12.3. The molecule has 1 aliphatic carbocycles. The fourth-order valence-corrected chi connectivity index (χ4v) is 3.10. The van der Waals surface area contributed by atoms with E-state index in [2.05, 4.69) is 20.6 Å². The molecule has 0 bridgehead atoms. The van der Waals surface area contributed by atoms with E-state index >= 15 is 0 Å². The summed E-state index contributed by atoms with van der Waals surface area (Å²) in [5.41, 5.74) is 1.13. The van der Waals surface area contributed by atoms with Crippen molar-refractivity contribution in [3.05, 3.63) is 54.0 Å². The Balaban J connectivity index is 1.52. The zero-order valence-electron chi connectivity index (χ0n) is 15.0. The predicted molar refractivity (Wildman–Crippen MR) is 96.9 cm³/mol. The van der Waals surface area contributed by atoms with Crippen LogP contribution in [0.5, 0.6) is 5.88 Å². The summed E-state index contributed by atoms with van der Waals surface area (Å²) >= 11 is 0. The van der Waals surface area contributed by atoms with Crippen LogP contribution in [-0.2, 0) is 11.3 Å². The normalized spacial score (nSPS) is 21.5. The van der Waals surface area contributed by atoms with E-state index in [-0.39, 0.29) is 17.7 Å². The molecule has 3 N–H and O–H groups in total. The van der Waals surface area contributed by atoms with Gasteiger partial charge in [0.15, 0.2) is 0 Å². The van der Waals surface area contributed by atoms with Gasteiger partial charge in [-0.15, -0.1) is 0 Å². The minimum atomic E-state index is -0.772. The summed E-state index contributed by atoms with van der Waals surface area (Å²) in [7, 11) is 1.50. The molecule has 1 fully saturated rings. The van der Waals surface area contributed by atoms with Crippen LogP contribution in [0.3, 0.4) is 0 Å². The predicted octanol–water partition coefficient (Wildman–Crippen LogP) is 0.671. The first-order chi connectivity index (χ1) is 13.1. The van der Waals surface area contributed by atoms with Crippen molar-refractivity contribution in [2.45, 2.75) is 31.5 Å². The van der Waals surface area contributed by atoms with E-state index < -0.39 is 12.1 Å². The highest BCUT2D eigenvalue weighted by molar-refractivity contribution is 5.94. The number of amides is 2.